The van der Waals surface area contributed by atoms with Crippen molar-refractivity contribution < 1.29 is 9.53 Å². The molecule has 2 aliphatic rings. The summed E-state index contributed by atoms with van der Waals surface area (Å²) >= 11 is 0. The van der Waals surface area contributed by atoms with E-state index in [0.29, 0.717) is 18.0 Å². The number of ether oxygens (including phenoxy) is 1. The first-order chi connectivity index (χ1) is 9.88. The fourth-order valence-electron chi connectivity index (χ4n) is 3.43. The lowest BCUT2D eigenvalue weighted by Gasteiger charge is -2.40. The van der Waals surface area contributed by atoms with Crippen molar-refractivity contribution in [2.75, 3.05) is 34.2 Å². The van der Waals surface area contributed by atoms with Crippen LogP contribution in [0, 0.1) is 5.92 Å². The zero-order valence-corrected chi connectivity index (χ0v) is 14.1. The molecule has 0 radical (unpaired) electrons. The monoisotopic (exact) mass is 297 g/mol. The Labute approximate surface area is 129 Å². The Bertz CT molecular complexity index is 361. The van der Waals surface area contributed by atoms with Gasteiger partial charge in [-0.3, -0.25) is 4.79 Å². The quantitative estimate of drug-likeness (QED) is 0.839. The minimum Gasteiger partial charge on any atom is -0.364 e. The molecular formula is C16H31N3O2. The molecule has 0 unspecified atom stereocenters. The number of nitrogens with zero attached hydrogens (tertiary/aromatic N) is 2. The number of nitrogens with one attached hydrogen (secondary N) is 1. The van der Waals surface area contributed by atoms with E-state index in [-0.39, 0.29) is 18.1 Å². The molecule has 21 heavy (non-hydrogen) atoms. The van der Waals surface area contributed by atoms with Gasteiger partial charge in [0.2, 0.25) is 0 Å². The van der Waals surface area contributed by atoms with Crippen molar-refractivity contribution in [3.63, 3.8) is 0 Å². The molecule has 0 spiro atoms. The molecule has 2 rings (SSSR count). The van der Waals surface area contributed by atoms with Gasteiger partial charge in [-0.25, -0.2) is 0 Å². The average Bonchev–Trinajstić information content (AvgIpc) is 2.89. The van der Waals surface area contributed by atoms with Crippen molar-refractivity contribution in [3.8, 4) is 0 Å². The van der Waals surface area contributed by atoms with Gasteiger partial charge in [0.1, 0.15) is 6.10 Å². The maximum Gasteiger partial charge on any atom is 0.251 e. The number of carbonyl (C=O) groups is 1. The van der Waals surface area contributed by atoms with E-state index in [4.69, 9.17) is 4.74 Å². The fraction of sp³-hybridized carbons (Fsp3) is 0.938. The maximum absolute atomic E-state index is 11.9. The van der Waals surface area contributed by atoms with E-state index < -0.39 is 0 Å². The Morgan fingerprint density at radius 3 is 2.71 bits per heavy atom. The number of rotatable bonds is 4. The predicted octanol–water partition coefficient (Wildman–Crippen LogP) is 0.941. The summed E-state index contributed by atoms with van der Waals surface area (Å²) < 4.78 is 5.89. The number of amides is 1. The molecule has 5 atom stereocenters. The summed E-state index contributed by atoms with van der Waals surface area (Å²) in [5, 5.41) is 3.68. The zero-order valence-electron chi connectivity index (χ0n) is 14.1. The van der Waals surface area contributed by atoms with Crippen LogP contribution >= 0.6 is 0 Å². The average molecular weight is 297 g/mol. The molecule has 2 saturated heterocycles. The van der Waals surface area contributed by atoms with E-state index in [1.807, 2.05) is 0 Å². The molecular weight excluding hydrogens is 266 g/mol. The second-order valence-corrected chi connectivity index (χ2v) is 7.07. The normalized spacial score (nSPS) is 37.7. The summed E-state index contributed by atoms with van der Waals surface area (Å²) in [6.07, 6.45) is 2.96. The van der Waals surface area contributed by atoms with Crippen LogP contribution in [0.25, 0.3) is 0 Å². The lowest BCUT2D eigenvalue weighted by molar-refractivity contribution is -0.140. The van der Waals surface area contributed by atoms with Crippen molar-refractivity contribution in [2.24, 2.45) is 5.92 Å². The molecule has 0 bridgehead atoms. The summed E-state index contributed by atoms with van der Waals surface area (Å²) in [5.74, 6) is 0.755. The highest BCUT2D eigenvalue weighted by Gasteiger charge is 2.33. The molecule has 0 aromatic heterocycles. The largest absolute Gasteiger partial charge is 0.364 e. The zero-order chi connectivity index (χ0) is 15.6. The third-order valence-corrected chi connectivity index (χ3v) is 5.04. The van der Waals surface area contributed by atoms with E-state index in [2.05, 4.69) is 31.1 Å². The van der Waals surface area contributed by atoms with Gasteiger partial charge >= 0.3 is 0 Å². The third-order valence-electron chi connectivity index (χ3n) is 5.04. The number of likely N-dealkylation sites (tertiary alicyclic amines) is 1. The Balaban J connectivity index is 1.75. The van der Waals surface area contributed by atoms with Crippen molar-refractivity contribution in [1.82, 2.24) is 15.1 Å². The SMILES string of the molecule is C[C@@H]1CN(C)[C@H](C)C[C@@H]1NC[C@@H]1CC[C@H](C(=O)N(C)C)O1. The molecule has 5 nitrogen and oxygen atoms in total. The molecule has 2 fully saturated rings. The standard InChI is InChI=1S/C16H31N3O2/c1-11-10-19(5)12(2)8-14(11)17-9-13-6-7-15(21-13)16(20)18(3)4/h11-15,17H,6-10H2,1-5H3/t11-,12-,13+,14+,15-/m1/s1. The number of piperidine rings is 1. The van der Waals surface area contributed by atoms with Crippen LogP contribution in [-0.2, 0) is 9.53 Å². The van der Waals surface area contributed by atoms with Gasteiger partial charge in [-0.05, 0) is 39.2 Å². The number of hydrogen-bond acceptors (Lipinski definition) is 4. The highest BCUT2D eigenvalue weighted by Crippen LogP contribution is 2.23. The van der Waals surface area contributed by atoms with Gasteiger partial charge in [-0.2, -0.15) is 0 Å². The highest BCUT2D eigenvalue weighted by atomic mass is 16.5. The van der Waals surface area contributed by atoms with Crippen LogP contribution in [0.1, 0.15) is 33.1 Å². The third kappa shape index (κ3) is 4.18. The number of hydrogen-bond donors (Lipinski definition) is 1. The second kappa shape index (κ2) is 7.07. The van der Waals surface area contributed by atoms with Crippen LogP contribution in [0.3, 0.4) is 0 Å². The van der Waals surface area contributed by atoms with Gasteiger partial charge < -0.3 is 19.9 Å². The van der Waals surface area contributed by atoms with Gasteiger partial charge in [0.25, 0.3) is 5.91 Å². The van der Waals surface area contributed by atoms with Gasteiger partial charge in [-0.15, -0.1) is 0 Å². The molecule has 0 aromatic carbocycles. The molecule has 5 heteroatoms. The first kappa shape index (κ1) is 16.7. The van der Waals surface area contributed by atoms with E-state index in [1.165, 1.54) is 6.42 Å². The highest BCUT2D eigenvalue weighted by molar-refractivity contribution is 5.80. The van der Waals surface area contributed by atoms with Crippen LogP contribution in [0.2, 0.25) is 0 Å². The van der Waals surface area contributed by atoms with E-state index >= 15 is 0 Å². The smallest absolute Gasteiger partial charge is 0.251 e. The topological polar surface area (TPSA) is 44.8 Å². The van der Waals surface area contributed by atoms with Crippen LogP contribution in [0.15, 0.2) is 0 Å². The Hall–Kier alpha value is -0.650. The van der Waals surface area contributed by atoms with Crippen LogP contribution in [-0.4, -0.2) is 74.2 Å². The molecule has 2 heterocycles. The van der Waals surface area contributed by atoms with Crippen LogP contribution in [0.5, 0.6) is 0 Å². The van der Waals surface area contributed by atoms with Gasteiger partial charge in [0.05, 0.1) is 6.10 Å². The number of carbonyl (C=O) groups excluding carboxylic acids is 1. The van der Waals surface area contributed by atoms with Crippen molar-refractivity contribution in [1.29, 1.82) is 0 Å². The first-order valence-electron chi connectivity index (χ1n) is 8.18. The van der Waals surface area contributed by atoms with Crippen molar-refractivity contribution in [3.05, 3.63) is 0 Å². The summed E-state index contributed by atoms with van der Waals surface area (Å²) in [5.41, 5.74) is 0. The Kier molecular flexibility index (Phi) is 5.63. The second-order valence-electron chi connectivity index (χ2n) is 7.07. The van der Waals surface area contributed by atoms with E-state index in [9.17, 15) is 4.79 Å². The minimum absolute atomic E-state index is 0.0961. The lowest BCUT2D eigenvalue weighted by Crippen LogP contribution is -2.52. The maximum atomic E-state index is 11.9. The Morgan fingerprint density at radius 1 is 1.33 bits per heavy atom. The molecule has 1 amide bonds. The van der Waals surface area contributed by atoms with Gasteiger partial charge in [0, 0.05) is 39.3 Å². The molecule has 2 aliphatic heterocycles. The molecule has 122 valence electrons. The molecule has 0 aromatic rings. The van der Waals surface area contributed by atoms with Gasteiger partial charge in [0.15, 0.2) is 0 Å². The lowest BCUT2D eigenvalue weighted by atomic mass is 9.90. The summed E-state index contributed by atoms with van der Waals surface area (Å²) in [7, 11) is 5.78. The summed E-state index contributed by atoms with van der Waals surface area (Å²) in [4.78, 5) is 16.0. The molecule has 0 saturated carbocycles. The van der Waals surface area contributed by atoms with Gasteiger partial charge in [-0.1, -0.05) is 6.92 Å². The van der Waals surface area contributed by atoms with Crippen LogP contribution < -0.4 is 5.32 Å². The Morgan fingerprint density at radius 2 is 2.05 bits per heavy atom. The van der Waals surface area contributed by atoms with Crippen LogP contribution in [0.4, 0.5) is 0 Å². The molecule has 1 N–H and O–H groups in total. The number of likely N-dealkylation sites (N-methyl/N-ethyl adjacent to an activating group) is 1. The minimum atomic E-state index is -0.236. The summed E-state index contributed by atoms with van der Waals surface area (Å²) in [6, 6.07) is 1.19. The van der Waals surface area contributed by atoms with E-state index in [0.717, 1.165) is 25.9 Å². The van der Waals surface area contributed by atoms with Crippen molar-refractivity contribution >= 4 is 5.91 Å². The van der Waals surface area contributed by atoms with Crippen molar-refractivity contribution in [2.45, 2.75) is 57.4 Å². The predicted molar refractivity (Wildman–Crippen MR) is 84.3 cm³/mol. The van der Waals surface area contributed by atoms with E-state index in [1.54, 1.807) is 19.0 Å². The molecule has 0 aliphatic carbocycles. The fourth-order valence-corrected chi connectivity index (χ4v) is 3.43. The summed E-state index contributed by atoms with van der Waals surface area (Å²) in [6.45, 7) is 6.61. The first-order valence-corrected chi connectivity index (χ1v) is 8.18.